The normalized spacial score (nSPS) is 9.88. The van der Waals surface area contributed by atoms with Gasteiger partial charge in [-0.15, -0.1) is 0 Å². The van der Waals surface area contributed by atoms with Gasteiger partial charge in [0.05, 0.1) is 13.0 Å². The molecule has 0 unspecified atom stereocenters. The topological polar surface area (TPSA) is 57.6 Å². The van der Waals surface area contributed by atoms with Crippen LogP contribution in [0.5, 0.6) is 0 Å². The van der Waals surface area contributed by atoms with Crippen molar-refractivity contribution < 1.29 is 14.7 Å². The van der Waals surface area contributed by atoms with Crippen LogP contribution in [0.1, 0.15) is 16.8 Å². The van der Waals surface area contributed by atoms with E-state index < -0.39 is 0 Å². The van der Waals surface area contributed by atoms with Crippen molar-refractivity contribution in [3.8, 4) is 0 Å². The smallest absolute Gasteiger partial charge is 0.230 e. The molecule has 0 saturated heterocycles. The molecule has 0 aromatic heterocycles. The lowest BCUT2D eigenvalue weighted by Crippen LogP contribution is -2.31. The van der Waals surface area contributed by atoms with Gasteiger partial charge in [-0.1, -0.05) is 30.3 Å². The third-order valence-corrected chi connectivity index (χ3v) is 2.27. The molecule has 1 N–H and O–H groups in total. The van der Waals surface area contributed by atoms with Crippen LogP contribution < -0.4 is 0 Å². The maximum atomic E-state index is 11.7. The number of ketones is 1. The van der Waals surface area contributed by atoms with E-state index in [0.29, 0.717) is 5.56 Å². The Kier molecular flexibility index (Phi) is 4.66. The Morgan fingerprint density at radius 1 is 1.25 bits per heavy atom. The van der Waals surface area contributed by atoms with Crippen LogP contribution in [0.15, 0.2) is 30.3 Å². The molecule has 0 bridgehead atoms. The Hall–Kier alpha value is -1.68. The second-order valence-corrected chi connectivity index (χ2v) is 3.50. The molecule has 86 valence electrons. The molecule has 4 heteroatoms. The maximum Gasteiger partial charge on any atom is 0.230 e. The van der Waals surface area contributed by atoms with Crippen LogP contribution in [0, 0.1) is 0 Å². The molecule has 0 heterocycles. The van der Waals surface area contributed by atoms with Crippen LogP contribution >= 0.6 is 0 Å². The summed E-state index contributed by atoms with van der Waals surface area (Å²) in [6, 6.07) is 8.70. The second-order valence-electron chi connectivity index (χ2n) is 3.50. The number of aliphatic hydroxyl groups is 1. The molecule has 1 rings (SSSR count). The molecular formula is C12H15NO3. The third-order valence-electron chi connectivity index (χ3n) is 2.27. The van der Waals surface area contributed by atoms with Crippen LogP contribution in [0.2, 0.25) is 0 Å². The highest BCUT2D eigenvalue weighted by molar-refractivity contribution is 6.07. The monoisotopic (exact) mass is 221 g/mol. The number of benzene rings is 1. The van der Waals surface area contributed by atoms with Crippen molar-refractivity contribution in [2.24, 2.45) is 0 Å². The fraction of sp³-hybridized carbons (Fsp3) is 0.333. The van der Waals surface area contributed by atoms with Crippen molar-refractivity contribution in [1.82, 2.24) is 4.90 Å². The zero-order valence-electron chi connectivity index (χ0n) is 9.22. The van der Waals surface area contributed by atoms with E-state index in [0.717, 1.165) is 0 Å². The average molecular weight is 221 g/mol. The highest BCUT2D eigenvalue weighted by atomic mass is 16.3. The van der Waals surface area contributed by atoms with Crippen LogP contribution in [0.4, 0.5) is 0 Å². The molecule has 16 heavy (non-hydrogen) atoms. The summed E-state index contributed by atoms with van der Waals surface area (Å²) in [6.07, 6.45) is -0.152. The molecule has 1 aromatic rings. The molecule has 0 radical (unpaired) electrons. The van der Waals surface area contributed by atoms with Crippen molar-refractivity contribution in [2.45, 2.75) is 6.42 Å². The van der Waals surface area contributed by atoms with Gasteiger partial charge in [0.1, 0.15) is 0 Å². The number of hydrogen-bond donors (Lipinski definition) is 1. The van der Waals surface area contributed by atoms with E-state index in [4.69, 9.17) is 5.11 Å². The highest BCUT2D eigenvalue weighted by Crippen LogP contribution is 2.04. The molecule has 0 aliphatic rings. The fourth-order valence-electron chi connectivity index (χ4n) is 1.27. The number of likely N-dealkylation sites (N-methyl/N-ethyl adjacent to an activating group) is 1. The van der Waals surface area contributed by atoms with Gasteiger partial charge < -0.3 is 10.0 Å². The summed E-state index contributed by atoms with van der Waals surface area (Å²) in [7, 11) is 1.57. The minimum Gasteiger partial charge on any atom is -0.395 e. The van der Waals surface area contributed by atoms with Crippen molar-refractivity contribution in [3.05, 3.63) is 35.9 Å². The molecule has 0 aliphatic heterocycles. The van der Waals surface area contributed by atoms with Gasteiger partial charge >= 0.3 is 0 Å². The summed E-state index contributed by atoms with van der Waals surface area (Å²) in [6.45, 7) is 0.155. The van der Waals surface area contributed by atoms with E-state index in [-0.39, 0.29) is 31.3 Å². The fourth-order valence-corrected chi connectivity index (χ4v) is 1.27. The van der Waals surface area contributed by atoms with Gasteiger partial charge in [0.15, 0.2) is 5.78 Å². The van der Waals surface area contributed by atoms with E-state index in [1.807, 2.05) is 6.07 Å². The van der Waals surface area contributed by atoms with E-state index >= 15 is 0 Å². The first-order valence-electron chi connectivity index (χ1n) is 5.08. The molecule has 0 aliphatic carbocycles. The number of aliphatic hydroxyl groups excluding tert-OH is 1. The van der Waals surface area contributed by atoms with Crippen LogP contribution in [-0.4, -0.2) is 41.9 Å². The lowest BCUT2D eigenvalue weighted by Gasteiger charge is -2.14. The third kappa shape index (κ3) is 3.47. The molecule has 1 amide bonds. The first-order valence-corrected chi connectivity index (χ1v) is 5.08. The summed E-state index contributed by atoms with van der Waals surface area (Å²) in [5.74, 6) is -0.474. The molecule has 0 atom stereocenters. The Balaban J connectivity index is 2.55. The SMILES string of the molecule is CN(CCO)C(=O)CC(=O)c1ccccc1. The highest BCUT2D eigenvalue weighted by Gasteiger charge is 2.14. The van der Waals surface area contributed by atoms with Gasteiger partial charge in [0, 0.05) is 19.2 Å². The summed E-state index contributed by atoms with van der Waals surface area (Å²) >= 11 is 0. The van der Waals surface area contributed by atoms with Gasteiger partial charge in [-0.05, 0) is 0 Å². The zero-order chi connectivity index (χ0) is 12.0. The van der Waals surface area contributed by atoms with Crippen LogP contribution in [-0.2, 0) is 4.79 Å². The summed E-state index contributed by atoms with van der Waals surface area (Å²) in [4.78, 5) is 24.5. The van der Waals surface area contributed by atoms with Gasteiger partial charge in [0.25, 0.3) is 0 Å². The van der Waals surface area contributed by atoms with Crippen molar-refractivity contribution in [1.29, 1.82) is 0 Å². The number of hydrogen-bond acceptors (Lipinski definition) is 3. The summed E-state index contributed by atoms with van der Waals surface area (Å²) in [5, 5.41) is 8.66. The Labute approximate surface area is 94.5 Å². The Morgan fingerprint density at radius 3 is 2.44 bits per heavy atom. The predicted molar refractivity (Wildman–Crippen MR) is 60.1 cm³/mol. The molecule has 4 nitrogen and oxygen atoms in total. The number of Topliss-reactive ketones (excluding diaryl/α,β-unsaturated/α-hetero) is 1. The van der Waals surface area contributed by atoms with Crippen molar-refractivity contribution in [3.63, 3.8) is 0 Å². The number of carbonyl (C=O) groups is 2. The quantitative estimate of drug-likeness (QED) is 0.588. The lowest BCUT2D eigenvalue weighted by atomic mass is 10.1. The molecular weight excluding hydrogens is 206 g/mol. The molecule has 0 spiro atoms. The lowest BCUT2D eigenvalue weighted by molar-refractivity contribution is -0.129. The van der Waals surface area contributed by atoms with Gasteiger partial charge in [-0.25, -0.2) is 0 Å². The van der Waals surface area contributed by atoms with Crippen LogP contribution in [0.25, 0.3) is 0 Å². The predicted octanol–water partition coefficient (Wildman–Crippen LogP) is 0.710. The minimum atomic E-state index is -0.275. The number of rotatable bonds is 5. The van der Waals surface area contributed by atoms with E-state index in [1.165, 1.54) is 4.90 Å². The number of carbonyl (C=O) groups excluding carboxylic acids is 2. The number of nitrogens with zero attached hydrogens (tertiary/aromatic N) is 1. The zero-order valence-corrected chi connectivity index (χ0v) is 9.22. The van der Waals surface area contributed by atoms with Crippen molar-refractivity contribution >= 4 is 11.7 Å². The van der Waals surface area contributed by atoms with Gasteiger partial charge in [0.2, 0.25) is 5.91 Å². The van der Waals surface area contributed by atoms with Crippen molar-refractivity contribution in [2.75, 3.05) is 20.2 Å². The van der Waals surface area contributed by atoms with E-state index in [1.54, 1.807) is 31.3 Å². The first-order chi connectivity index (χ1) is 7.65. The van der Waals surface area contributed by atoms with Gasteiger partial charge in [-0.2, -0.15) is 0 Å². The van der Waals surface area contributed by atoms with Gasteiger partial charge in [-0.3, -0.25) is 9.59 Å². The largest absolute Gasteiger partial charge is 0.395 e. The number of amides is 1. The molecule has 1 aromatic carbocycles. The Bertz CT molecular complexity index is 362. The van der Waals surface area contributed by atoms with E-state index in [9.17, 15) is 9.59 Å². The minimum absolute atomic E-state index is 0.0955. The average Bonchev–Trinajstić information content (AvgIpc) is 2.30. The molecule has 0 saturated carbocycles. The second kappa shape index (κ2) is 6.02. The van der Waals surface area contributed by atoms with E-state index in [2.05, 4.69) is 0 Å². The summed E-state index contributed by atoms with van der Waals surface area (Å²) in [5.41, 5.74) is 0.535. The maximum absolute atomic E-state index is 11.7. The van der Waals surface area contributed by atoms with Crippen LogP contribution in [0.3, 0.4) is 0 Å². The summed E-state index contributed by atoms with van der Waals surface area (Å²) < 4.78 is 0. The molecule has 0 fully saturated rings. The Morgan fingerprint density at radius 2 is 1.88 bits per heavy atom. The first kappa shape index (κ1) is 12.4. The standard InChI is InChI=1S/C12H15NO3/c1-13(7-8-14)12(16)9-11(15)10-5-3-2-4-6-10/h2-6,14H,7-9H2,1H3.